The molecule has 1 saturated heterocycles. The van der Waals surface area contributed by atoms with Gasteiger partial charge in [0.05, 0.1) is 0 Å². The predicted octanol–water partition coefficient (Wildman–Crippen LogP) is 2.12. The highest BCUT2D eigenvalue weighted by Gasteiger charge is 2.24. The van der Waals surface area contributed by atoms with Gasteiger partial charge in [-0.1, -0.05) is 0 Å². The third kappa shape index (κ3) is 4.34. The van der Waals surface area contributed by atoms with Crippen LogP contribution >= 0.6 is 11.3 Å². The fraction of sp³-hybridized carbons (Fsp3) is 0.600. The summed E-state index contributed by atoms with van der Waals surface area (Å²) in [5, 5.41) is 2.98. The molecular formula is C15H22N2O2S. The summed E-state index contributed by atoms with van der Waals surface area (Å²) in [6, 6.07) is 4.27. The maximum Gasteiger partial charge on any atom is 0.224 e. The highest BCUT2D eigenvalue weighted by Crippen LogP contribution is 2.17. The minimum absolute atomic E-state index is 0.0233. The zero-order valence-electron chi connectivity index (χ0n) is 12.1. The first-order chi connectivity index (χ1) is 9.54. The third-order valence-electron chi connectivity index (χ3n) is 3.65. The number of hydrogen-bond acceptors (Lipinski definition) is 3. The normalized spacial score (nSPS) is 19.2. The van der Waals surface area contributed by atoms with E-state index in [1.807, 2.05) is 7.05 Å². The first-order valence-corrected chi connectivity index (χ1v) is 7.95. The number of nitrogens with zero attached hydrogens (tertiary/aromatic N) is 1. The van der Waals surface area contributed by atoms with Gasteiger partial charge in [-0.15, -0.1) is 11.3 Å². The van der Waals surface area contributed by atoms with Crippen molar-refractivity contribution in [2.75, 3.05) is 13.6 Å². The van der Waals surface area contributed by atoms with Crippen LogP contribution in [0.25, 0.3) is 0 Å². The highest BCUT2D eigenvalue weighted by molar-refractivity contribution is 7.11. The molecule has 20 heavy (non-hydrogen) atoms. The van der Waals surface area contributed by atoms with Crippen molar-refractivity contribution in [1.82, 2.24) is 10.2 Å². The minimum atomic E-state index is 0.0233. The van der Waals surface area contributed by atoms with Gasteiger partial charge >= 0.3 is 0 Å². The molecular weight excluding hydrogens is 272 g/mol. The van der Waals surface area contributed by atoms with Gasteiger partial charge in [-0.2, -0.15) is 0 Å². The van der Waals surface area contributed by atoms with Crippen LogP contribution in [-0.2, 0) is 16.0 Å². The maximum absolute atomic E-state index is 11.9. The van der Waals surface area contributed by atoms with Crippen molar-refractivity contribution < 1.29 is 9.59 Å². The fourth-order valence-corrected chi connectivity index (χ4v) is 3.34. The first-order valence-electron chi connectivity index (χ1n) is 7.13. The van der Waals surface area contributed by atoms with Gasteiger partial charge in [0.2, 0.25) is 11.8 Å². The predicted molar refractivity (Wildman–Crippen MR) is 80.8 cm³/mol. The van der Waals surface area contributed by atoms with E-state index in [2.05, 4.69) is 24.4 Å². The molecule has 0 bridgehead atoms. The van der Waals surface area contributed by atoms with Crippen LogP contribution in [0.15, 0.2) is 12.1 Å². The molecule has 1 unspecified atom stereocenters. The molecule has 4 nitrogen and oxygen atoms in total. The second kappa shape index (κ2) is 6.88. The van der Waals surface area contributed by atoms with Crippen LogP contribution in [0.3, 0.4) is 0 Å². The molecule has 1 fully saturated rings. The van der Waals surface area contributed by atoms with Gasteiger partial charge in [-0.05, 0) is 38.3 Å². The number of carbonyl (C=O) groups excluding carboxylic acids is 2. The molecule has 1 aromatic rings. The molecule has 0 saturated carbocycles. The van der Waals surface area contributed by atoms with Crippen LogP contribution in [0, 0.1) is 6.92 Å². The first kappa shape index (κ1) is 15.0. The van der Waals surface area contributed by atoms with E-state index < -0.39 is 0 Å². The number of carbonyl (C=O) groups is 2. The molecule has 0 aromatic carbocycles. The van der Waals surface area contributed by atoms with E-state index in [-0.39, 0.29) is 17.9 Å². The molecule has 1 atom stereocenters. The number of thiophene rings is 1. The van der Waals surface area contributed by atoms with Gasteiger partial charge in [0.25, 0.3) is 0 Å². The summed E-state index contributed by atoms with van der Waals surface area (Å²) in [5.41, 5.74) is 0. The van der Waals surface area contributed by atoms with E-state index in [0.29, 0.717) is 12.8 Å². The molecule has 110 valence electrons. The zero-order chi connectivity index (χ0) is 14.5. The van der Waals surface area contributed by atoms with E-state index in [9.17, 15) is 9.59 Å². The van der Waals surface area contributed by atoms with Crippen LogP contribution < -0.4 is 5.32 Å². The molecule has 1 aliphatic rings. The number of likely N-dealkylation sites (tertiary alicyclic amines) is 1. The Kier molecular flexibility index (Phi) is 5.17. The second-order valence-electron chi connectivity index (χ2n) is 5.44. The van der Waals surface area contributed by atoms with Crippen molar-refractivity contribution in [2.45, 2.75) is 45.1 Å². The van der Waals surface area contributed by atoms with Gasteiger partial charge in [-0.3, -0.25) is 9.59 Å². The number of hydrogen-bond donors (Lipinski definition) is 1. The van der Waals surface area contributed by atoms with Gasteiger partial charge in [0.1, 0.15) is 0 Å². The molecule has 0 radical (unpaired) electrons. The quantitative estimate of drug-likeness (QED) is 0.904. The van der Waals surface area contributed by atoms with Crippen molar-refractivity contribution in [3.05, 3.63) is 21.9 Å². The lowest BCUT2D eigenvalue weighted by atomic mass is 10.0. The number of amides is 2. The van der Waals surface area contributed by atoms with Crippen molar-refractivity contribution in [2.24, 2.45) is 0 Å². The van der Waals surface area contributed by atoms with Crippen LogP contribution in [0.4, 0.5) is 0 Å². The largest absolute Gasteiger partial charge is 0.353 e. The third-order valence-corrected chi connectivity index (χ3v) is 4.71. The average molecular weight is 294 g/mol. The van der Waals surface area contributed by atoms with Crippen LogP contribution in [-0.4, -0.2) is 36.3 Å². The lowest BCUT2D eigenvalue weighted by molar-refractivity contribution is -0.133. The summed E-state index contributed by atoms with van der Waals surface area (Å²) in [6.45, 7) is 2.83. The SMILES string of the molecule is Cc1ccc(CCCC(=O)NC2CCN(C)C(=O)C2)s1. The van der Waals surface area contributed by atoms with E-state index in [0.717, 1.165) is 25.8 Å². The molecule has 1 aromatic heterocycles. The van der Waals surface area contributed by atoms with E-state index in [1.54, 1.807) is 16.2 Å². The minimum Gasteiger partial charge on any atom is -0.353 e. The Morgan fingerprint density at radius 1 is 1.50 bits per heavy atom. The smallest absolute Gasteiger partial charge is 0.224 e. The van der Waals surface area contributed by atoms with Crippen molar-refractivity contribution in [1.29, 1.82) is 0 Å². The Morgan fingerprint density at radius 2 is 2.30 bits per heavy atom. The Morgan fingerprint density at radius 3 is 2.95 bits per heavy atom. The number of piperidine rings is 1. The van der Waals surface area contributed by atoms with Gasteiger partial charge < -0.3 is 10.2 Å². The molecule has 5 heteroatoms. The number of aryl methyl sites for hydroxylation is 2. The van der Waals surface area contributed by atoms with E-state index in [1.165, 1.54) is 9.75 Å². The Balaban J connectivity index is 1.66. The summed E-state index contributed by atoms with van der Waals surface area (Å²) < 4.78 is 0. The summed E-state index contributed by atoms with van der Waals surface area (Å²) in [5.74, 6) is 0.191. The van der Waals surface area contributed by atoms with Crippen molar-refractivity contribution in [3.63, 3.8) is 0 Å². The second-order valence-corrected chi connectivity index (χ2v) is 6.81. The molecule has 2 heterocycles. The Labute approximate surface area is 124 Å². The van der Waals surface area contributed by atoms with Crippen molar-refractivity contribution >= 4 is 23.2 Å². The summed E-state index contributed by atoms with van der Waals surface area (Å²) >= 11 is 1.79. The van der Waals surface area contributed by atoms with Gasteiger partial charge in [0, 0.05) is 42.2 Å². The number of nitrogens with one attached hydrogen (secondary N) is 1. The average Bonchev–Trinajstić information content (AvgIpc) is 2.80. The fourth-order valence-electron chi connectivity index (χ4n) is 2.41. The lowest BCUT2D eigenvalue weighted by Crippen LogP contribution is -2.46. The molecule has 2 amide bonds. The molecule has 0 spiro atoms. The van der Waals surface area contributed by atoms with Crippen LogP contribution in [0.1, 0.15) is 35.4 Å². The van der Waals surface area contributed by atoms with Gasteiger partial charge in [0.15, 0.2) is 0 Å². The Hall–Kier alpha value is -1.36. The standard InChI is InChI=1S/C15H22N2O2S/c1-11-6-7-13(20-11)4-3-5-14(18)16-12-8-9-17(2)15(19)10-12/h6-7,12H,3-5,8-10H2,1-2H3,(H,16,18). The van der Waals surface area contributed by atoms with Crippen LogP contribution in [0.5, 0.6) is 0 Å². The van der Waals surface area contributed by atoms with Crippen LogP contribution in [0.2, 0.25) is 0 Å². The summed E-state index contributed by atoms with van der Waals surface area (Å²) in [4.78, 5) is 27.8. The van der Waals surface area contributed by atoms with E-state index in [4.69, 9.17) is 0 Å². The summed E-state index contributed by atoms with van der Waals surface area (Å²) in [6.07, 6.45) is 3.66. The molecule has 1 N–H and O–H groups in total. The molecule has 1 aliphatic heterocycles. The Bertz CT molecular complexity index is 484. The molecule has 2 rings (SSSR count). The van der Waals surface area contributed by atoms with Crippen molar-refractivity contribution in [3.8, 4) is 0 Å². The monoisotopic (exact) mass is 294 g/mol. The highest BCUT2D eigenvalue weighted by atomic mass is 32.1. The number of rotatable bonds is 5. The maximum atomic E-state index is 11.9. The summed E-state index contributed by atoms with van der Waals surface area (Å²) in [7, 11) is 1.81. The van der Waals surface area contributed by atoms with E-state index >= 15 is 0 Å². The lowest BCUT2D eigenvalue weighted by Gasteiger charge is -2.29. The zero-order valence-corrected chi connectivity index (χ0v) is 13.0. The topological polar surface area (TPSA) is 49.4 Å². The molecule has 0 aliphatic carbocycles. The van der Waals surface area contributed by atoms with Gasteiger partial charge in [-0.25, -0.2) is 0 Å².